The Labute approximate surface area is 78.4 Å². The van der Waals surface area contributed by atoms with Gasteiger partial charge in [-0.05, 0) is 19.8 Å². The fraction of sp³-hybridized carbons (Fsp3) is 1.00. The first-order valence-electron chi connectivity index (χ1n) is 4.60. The predicted molar refractivity (Wildman–Crippen MR) is 47.7 cm³/mol. The number of rotatable bonds is 3. The van der Waals surface area contributed by atoms with E-state index < -0.39 is 22.4 Å². The summed E-state index contributed by atoms with van der Waals surface area (Å²) in [5, 5.41) is 0. The topological polar surface area (TPSA) is 43.4 Å². The van der Waals surface area contributed by atoms with Gasteiger partial charge in [0.15, 0.2) is 0 Å². The summed E-state index contributed by atoms with van der Waals surface area (Å²) in [5.41, 5.74) is 0. The molecule has 5 heteroatoms. The quantitative estimate of drug-likeness (QED) is 0.665. The Kier molecular flexibility index (Phi) is 3.67. The highest BCUT2D eigenvalue weighted by molar-refractivity contribution is 7.86. The fourth-order valence-corrected chi connectivity index (χ4v) is 2.15. The lowest BCUT2D eigenvalue weighted by atomic mass is 9.96. The number of hydrogen-bond donors (Lipinski definition) is 0. The van der Waals surface area contributed by atoms with Crippen molar-refractivity contribution in [2.24, 2.45) is 0 Å². The highest BCUT2D eigenvalue weighted by Crippen LogP contribution is 2.25. The molecule has 1 aliphatic carbocycles. The molecule has 0 bridgehead atoms. The van der Waals surface area contributed by atoms with Crippen LogP contribution in [0.2, 0.25) is 0 Å². The zero-order valence-corrected chi connectivity index (χ0v) is 8.52. The minimum atomic E-state index is -3.49. The average molecular weight is 210 g/mol. The van der Waals surface area contributed by atoms with E-state index in [0.717, 1.165) is 12.8 Å². The average Bonchev–Trinajstić information content (AvgIpc) is 2.09. The van der Waals surface area contributed by atoms with Crippen LogP contribution in [0, 0.1) is 0 Å². The van der Waals surface area contributed by atoms with Gasteiger partial charge >= 0.3 is 0 Å². The molecule has 0 saturated heterocycles. The van der Waals surface area contributed by atoms with Crippen LogP contribution in [0.4, 0.5) is 4.39 Å². The SMILES string of the molecule is CCS(=O)(=O)OC1CCCCC1F. The third-order valence-corrected chi connectivity index (χ3v) is 3.49. The minimum absolute atomic E-state index is 0.0871. The Hall–Kier alpha value is -0.160. The van der Waals surface area contributed by atoms with E-state index in [-0.39, 0.29) is 5.75 Å². The molecule has 0 heterocycles. The molecular formula is C8H15FO3S. The molecule has 0 aromatic heterocycles. The summed E-state index contributed by atoms with van der Waals surface area (Å²) in [7, 11) is -3.49. The summed E-state index contributed by atoms with van der Waals surface area (Å²) in [6, 6.07) is 0. The first-order chi connectivity index (χ1) is 6.05. The van der Waals surface area contributed by atoms with Crippen LogP contribution in [0.1, 0.15) is 32.6 Å². The van der Waals surface area contributed by atoms with Crippen molar-refractivity contribution >= 4 is 10.1 Å². The highest BCUT2D eigenvalue weighted by Gasteiger charge is 2.29. The molecule has 13 heavy (non-hydrogen) atoms. The van der Waals surface area contributed by atoms with Crippen molar-refractivity contribution in [2.45, 2.75) is 44.9 Å². The van der Waals surface area contributed by atoms with Crippen molar-refractivity contribution in [1.82, 2.24) is 0 Å². The third kappa shape index (κ3) is 3.23. The van der Waals surface area contributed by atoms with Gasteiger partial charge < -0.3 is 0 Å². The second-order valence-corrected chi connectivity index (χ2v) is 5.17. The van der Waals surface area contributed by atoms with E-state index in [1.807, 2.05) is 0 Å². The lowest BCUT2D eigenvalue weighted by Gasteiger charge is -2.24. The first-order valence-corrected chi connectivity index (χ1v) is 6.18. The molecule has 2 atom stereocenters. The van der Waals surface area contributed by atoms with Gasteiger partial charge in [-0.1, -0.05) is 12.8 Å². The van der Waals surface area contributed by atoms with E-state index in [2.05, 4.69) is 0 Å². The van der Waals surface area contributed by atoms with Crippen LogP contribution in [0.15, 0.2) is 0 Å². The first kappa shape index (κ1) is 10.9. The van der Waals surface area contributed by atoms with Gasteiger partial charge in [0.25, 0.3) is 10.1 Å². The molecule has 0 N–H and O–H groups in total. The van der Waals surface area contributed by atoms with Crippen LogP contribution in [0.5, 0.6) is 0 Å². The molecule has 2 unspecified atom stereocenters. The van der Waals surface area contributed by atoms with Gasteiger partial charge in [-0.2, -0.15) is 8.42 Å². The molecule has 0 radical (unpaired) electrons. The standard InChI is InChI=1S/C8H15FO3S/c1-2-13(10,11)12-8-6-4-3-5-7(8)9/h7-8H,2-6H2,1H3. The van der Waals surface area contributed by atoms with Gasteiger partial charge in [0.2, 0.25) is 0 Å². The summed E-state index contributed by atoms with van der Waals surface area (Å²) in [4.78, 5) is 0. The summed E-state index contributed by atoms with van der Waals surface area (Å²) in [6.07, 6.45) is 0.760. The lowest BCUT2D eigenvalue weighted by Crippen LogP contribution is -2.31. The zero-order valence-electron chi connectivity index (χ0n) is 7.70. The van der Waals surface area contributed by atoms with Gasteiger partial charge in [0.1, 0.15) is 12.3 Å². The summed E-state index contributed by atoms with van der Waals surface area (Å²) in [6.45, 7) is 1.49. The summed E-state index contributed by atoms with van der Waals surface area (Å²) >= 11 is 0. The van der Waals surface area contributed by atoms with Crippen LogP contribution in [0.25, 0.3) is 0 Å². The Balaban J connectivity index is 2.52. The second kappa shape index (κ2) is 4.37. The molecule has 0 aromatic carbocycles. The van der Waals surface area contributed by atoms with Crippen LogP contribution in [-0.4, -0.2) is 26.4 Å². The maximum absolute atomic E-state index is 13.1. The molecule has 1 fully saturated rings. The Morgan fingerprint density at radius 1 is 1.38 bits per heavy atom. The van der Waals surface area contributed by atoms with Crippen LogP contribution in [0.3, 0.4) is 0 Å². The van der Waals surface area contributed by atoms with Crippen LogP contribution < -0.4 is 0 Å². The van der Waals surface area contributed by atoms with Gasteiger partial charge in [-0.3, -0.25) is 4.18 Å². The molecular weight excluding hydrogens is 195 g/mol. The maximum Gasteiger partial charge on any atom is 0.267 e. The lowest BCUT2D eigenvalue weighted by molar-refractivity contribution is 0.0691. The Morgan fingerprint density at radius 3 is 2.54 bits per heavy atom. The van der Waals surface area contributed by atoms with Crippen LogP contribution >= 0.6 is 0 Å². The minimum Gasteiger partial charge on any atom is -0.264 e. The Morgan fingerprint density at radius 2 is 2.00 bits per heavy atom. The maximum atomic E-state index is 13.1. The van der Waals surface area contributed by atoms with E-state index in [9.17, 15) is 12.8 Å². The zero-order chi connectivity index (χ0) is 9.90. The van der Waals surface area contributed by atoms with Crippen molar-refractivity contribution in [3.05, 3.63) is 0 Å². The highest BCUT2D eigenvalue weighted by atomic mass is 32.2. The molecule has 1 saturated carbocycles. The van der Waals surface area contributed by atoms with E-state index in [4.69, 9.17) is 4.18 Å². The van der Waals surface area contributed by atoms with Crippen LogP contribution in [-0.2, 0) is 14.3 Å². The smallest absolute Gasteiger partial charge is 0.264 e. The second-order valence-electron chi connectivity index (χ2n) is 3.28. The van der Waals surface area contributed by atoms with E-state index in [0.29, 0.717) is 12.8 Å². The normalized spacial score (nSPS) is 30.3. The Bertz CT molecular complexity index is 250. The third-order valence-electron chi connectivity index (χ3n) is 2.25. The van der Waals surface area contributed by atoms with Crippen molar-refractivity contribution in [3.8, 4) is 0 Å². The van der Waals surface area contributed by atoms with Crippen molar-refractivity contribution in [1.29, 1.82) is 0 Å². The van der Waals surface area contributed by atoms with Crippen molar-refractivity contribution in [2.75, 3.05) is 5.75 Å². The number of hydrogen-bond acceptors (Lipinski definition) is 3. The van der Waals surface area contributed by atoms with Gasteiger partial charge in [0, 0.05) is 0 Å². The summed E-state index contributed by atoms with van der Waals surface area (Å²) < 4.78 is 39.9. The molecule has 0 aromatic rings. The number of halogens is 1. The molecule has 1 rings (SSSR count). The molecule has 3 nitrogen and oxygen atoms in total. The van der Waals surface area contributed by atoms with E-state index in [1.54, 1.807) is 0 Å². The fourth-order valence-electron chi connectivity index (χ4n) is 1.42. The monoisotopic (exact) mass is 210 g/mol. The van der Waals surface area contributed by atoms with Crippen molar-refractivity contribution in [3.63, 3.8) is 0 Å². The molecule has 0 amide bonds. The largest absolute Gasteiger partial charge is 0.267 e. The van der Waals surface area contributed by atoms with Gasteiger partial charge in [-0.25, -0.2) is 4.39 Å². The number of alkyl halides is 1. The molecule has 0 spiro atoms. The predicted octanol–water partition coefficient (Wildman–Crippen LogP) is 1.63. The van der Waals surface area contributed by atoms with E-state index >= 15 is 0 Å². The molecule has 1 aliphatic rings. The molecule has 78 valence electrons. The van der Waals surface area contributed by atoms with E-state index in [1.165, 1.54) is 6.92 Å². The van der Waals surface area contributed by atoms with Gasteiger partial charge in [0.05, 0.1) is 5.75 Å². The van der Waals surface area contributed by atoms with Gasteiger partial charge in [-0.15, -0.1) is 0 Å². The molecule has 0 aliphatic heterocycles. The summed E-state index contributed by atoms with van der Waals surface area (Å²) in [5.74, 6) is -0.0871. The van der Waals surface area contributed by atoms with Crippen molar-refractivity contribution < 1.29 is 17.0 Å².